The third kappa shape index (κ3) is 4.42. The smallest absolute Gasteiger partial charge is 0.254 e. The van der Waals surface area contributed by atoms with Crippen LogP contribution in [0.2, 0.25) is 0 Å². The number of nitrogens with two attached hydrogens (primary N) is 1. The highest BCUT2D eigenvalue weighted by Crippen LogP contribution is 2.33. The van der Waals surface area contributed by atoms with E-state index in [9.17, 15) is 13.6 Å². The molecule has 1 aliphatic heterocycles. The van der Waals surface area contributed by atoms with Crippen molar-refractivity contribution in [2.75, 3.05) is 13.1 Å². The number of alkyl halides is 1. The summed E-state index contributed by atoms with van der Waals surface area (Å²) in [6.07, 6.45) is 3.42. The number of carbonyl (C=O) groups is 1. The lowest BCUT2D eigenvalue weighted by molar-refractivity contribution is -0.0320. The van der Waals surface area contributed by atoms with Crippen molar-refractivity contribution in [2.45, 2.75) is 45.0 Å². The summed E-state index contributed by atoms with van der Waals surface area (Å²) >= 11 is 0. The maximum Gasteiger partial charge on any atom is 0.254 e. The Labute approximate surface area is 180 Å². The summed E-state index contributed by atoms with van der Waals surface area (Å²) in [4.78, 5) is 17.0. The van der Waals surface area contributed by atoms with E-state index in [1.165, 1.54) is 6.07 Å². The molecule has 0 spiro atoms. The molecular weight excluding hydrogens is 400 g/mol. The highest BCUT2D eigenvalue weighted by Gasteiger charge is 2.35. The third-order valence-electron chi connectivity index (χ3n) is 6.10. The number of primary amides is 1. The minimum absolute atomic E-state index is 0.243. The number of H-pyrrole nitrogens is 1. The average Bonchev–Trinajstić information content (AvgIpc) is 3.15. The van der Waals surface area contributed by atoms with Gasteiger partial charge in [-0.25, -0.2) is 8.78 Å². The van der Waals surface area contributed by atoms with Crippen molar-refractivity contribution >= 4 is 16.8 Å². The molecule has 1 aliphatic rings. The van der Waals surface area contributed by atoms with Gasteiger partial charge in [-0.15, -0.1) is 0 Å². The van der Waals surface area contributed by atoms with Crippen LogP contribution in [0.1, 0.15) is 41.3 Å². The van der Waals surface area contributed by atoms with Crippen molar-refractivity contribution in [1.29, 1.82) is 0 Å². The quantitative estimate of drug-likeness (QED) is 0.525. The molecule has 4 rings (SSSR count). The number of hydrogen-bond acceptors (Lipinski definition) is 3. The fourth-order valence-electron chi connectivity index (χ4n) is 4.46. The van der Waals surface area contributed by atoms with Crippen LogP contribution in [-0.2, 0) is 12.8 Å². The van der Waals surface area contributed by atoms with Crippen molar-refractivity contribution < 1.29 is 18.3 Å². The van der Waals surface area contributed by atoms with Gasteiger partial charge in [0, 0.05) is 28.2 Å². The van der Waals surface area contributed by atoms with E-state index in [4.69, 9.17) is 10.5 Å². The van der Waals surface area contributed by atoms with E-state index in [-0.39, 0.29) is 5.82 Å². The van der Waals surface area contributed by atoms with Crippen molar-refractivity contribution in [3.05, 3.63) is 65.1 Å². The highest BCUT2D eigenvalue weighted by atomic mass is 19.1. The van der Waals surface area contributed by atoms with Crippen LogP contribution in [0.3, 0.4) is 0 Å². The number of hydrogen-bond donors (Lipinski definition) is 2. The second kappa shape index (κ2) is 9.06. The Bertz CT molecular complexity index is 1080. The lowest BCUT2D eigenvalue weighted by Crippen LogP contribution is -2.48. The Hall–Kier alpha value is -2.93. The van der Waals surface area contributed by atoms with Gasteiger partial charge in [0.05, 0.1) is 6.04 Å². The van der Waals surface area contributed by atoms with Crippen LogP contribution in [0.5, 0.6) is 5.75 Å². The molecule has 3 N–H and O–H groups in total. The molecular formula is C24H27F2N3O2. The SMILES string of the molecule is CCN(CCCCc1c[nH]c2ccc(F)cc12)C1Cc2c(cccc2C(N)=O)O[C@H]1F. The number of nitrogens with one attached hydrogen (secondary N) is 1. The van der Waals surface area contributed by atoms with E-state index < -0.39 is 18.3 Å². The number of unbranched alkanes of at least 4 members (excludes halogenated alkanes) is 1. The molecule has 7 heteroatoms. The molecule has 2 heterocycles. The number of likely N-dealkylation sites (N-methyl/N-ethyl adjacent to an activating group) is 1. The van der Waals surface area contributed by atoms with Crippen molar-refractivity contribution in [1.82, 2.24) is 9.88 Å². The highest BCUT2D eigenvalue weighted by molar-refractivity contribution is 5.95. The second-order valence-electron chi connectivity index (χ2n) is 7.98. The third-order valence-corrected chi connectivity index (χ3v) is 6.10. The number of fused-ring (bicyclic) bond motifs is 2. The number of halogens is 2. The van der Waals surface area contributed by atoms with E-state index >= 15 is 0 Å². The molecule has 31 heavy (non-hydrogen) atoms. The number of nitrogens with zero attached hydrogens (tertiary/aromatic N) is 1. The van der Waals surface area contributed by atoms with Gasteiger partial charge in [-0.3, -0.25) is 9.69 Å². The van der Waals surface area contributed by atoms with Gasteiger partial charge in [0.2, 0.25) is 5.91 Å². The van der Waals surface area contributed by atoms with Gasteiger partial charge in [0.1, 0.15) is 11.6 Å². The van der Waals surface area contributed by atoms with Crippen LogP contribution in [0, 0.1) is 5.82 Å². The van der Waals surface area contributed by atoms with Crippen molar-refractivity contribution in [3.8, 4) is 5.75 Å². The monoisotopic (exact) mass is 427 g/mol. The number of benzene rings is 2. The Morgan fingerprint density at radius 1 is 1.29 bits per heavy atom. The van der Waals surface area contributed by atoms with Gasteiger partial charge in [0.15, 0.2) is 0 Å². The molecule has 0 fully saturated rings. The molecule has 2 atom stereocenters. The normalized spacial score (nSPS) is 18.2. The number of ether oxygens (including phenoxy) is 1. The minimum atomic E-state index is -1.47. The number of rotatable bonds is 8. The first kappa shape index (κ1) is 21.3. The predicted molar refractivity (Wildman–Crippen MR) is 116 cm³/mol. The zero-order valence-electron chi connectivity index (χ0n) is 17.5. The maximum atomic E-state index is 14.8. The largest absolute Gasteiger partial charge is 0.458 e. The Morgan fingerprint density at radius 3 is 2.90 bits per heavy atom. The molecule has 2 aromatic carbocycles. The summed E-state index contributed by atoms with van der Waals surface area (Å²) in [6.45, 7) is 3.36. The zero-order chi connectivity index (χ0) is 22.0. The number of aromatic nitrogens is 1. The molecule has 0 aliphatic carbocycles. The predicted octanol–water partition coefficient (Wildman–Crippen LogP) is 4.35. The minimum Gasteiger partial charge on any atom is -0.458 e. The van der Waals surface area contributed by atoms with Gasteiger partial charge >= 0.3 is 0 Å². The number of amides is 1. The van der Waals surface area contributed by atoms with Crippen molar-refractivity contribution in [3.63, 3.8) is 0 Å². The molecule has 0 bridgehead atoms. The molecule has 164 valence electrons. The standard InChI is InChI=1S/C24H27F2N3O2/c1-2-29(11-4-3-6-15-14-28-20-10-9-16(25)12-18(15)20)21-13-19-17(24(27)30)7-5-8-22(19)31-23(21)26/h5,7-10,12,14,21,23,28H,2-4,6,11,13H2,1H3,(H2,27,30)/t21?,23-/m1/s1. The van der Waals surface area contributed by atoms with E-state index in [0.29, 0.717) is 36.4 Å². The Balaban J connectivity index is 1.39. The van der Waals surface area contributed by atoms with Crippen LogP contribution in [0.15, 0.2) is 42.6 Å². The van der Waals surface area contributed by atoms with Gasteiger partial charge < -0.3 is 15.5 Å². The summed E-state index contributed by atoms with van der Waals surface area (Å²) in [6, 6.07) is 9.25. The van der Waals surface area contributed by atoms with Crippen LogP contribution < -0.4 is 10.5 Å². The fraction of sp³-hybridized carbons (Fsp3) is 0.375. The Kier molecular flexibility index (Phi) is 6.23. The number of aromatic amines is 1. The van der Waals surface area contributed by atoms with E-state index in [0.717, 1.165) is 35.7 Å². The first-order chi connectivity index (χ1) is 15.0. The Morgan fingerprint density at radius 2 is 2.13 bits per heavy atom. The van der Waals surface area contributed by atoms with E-state index in [1.807, 2.05) is 13.1 Å². The lowest BCUT2D eigenvalue weighted by atomic mass is 9.95. The summed E-state index contributed by atoms with van der Waals surface area (Å²) < 4.78 is 33.9. The summed E-state index contributed by atoms with van der Waals surface area (Å²) in [5.74, 6) is -0.384. The van der Waals surface area contributed by atoms with E-state index in [2.05, 4.69) is 9.88 Å². The van der Waals surface area contributed by atoms with Gasteiger partial charge in [-0.1, -0.05) is 13.0 Å². The molecule has 1 aromatic heterocycles. The van der Waals surface area contributed by atoms with Crippen LogP contribution >= 0.6 is 0 Å². The van der Waals surface area contributed by atoms with Crippen molar-refractivity contribution in [2.24, 2.45) is 5.73 Å². The van der Waals surface area contributed by atoms with Gasteiger partial charge in [-0.2, -0.15) is 0 Å². The van der Waals surface area contributed by atoms with Crippen LogP contribution in [0.4, 0.5) is 8.78 Å². The van der Waals surface area contributed by atoms with Crippen LogP contribution in [-0.4, -0.2) is 41.3 Å². The molecule has 0 saturated heterocycles. The van der Waals surface area contributed by atoms with Crippen LogP contribution in [0.25, 0.3) is 10.9 Å². The first-order valence-electron chi connectivity index (χ1n) is 10.7. The zero-order valence-corrected chi connectivity index (χ0v) is 17.5. The average molecular weight is 427 g/mol. The van der Waals surface area contributed by atoms with Gasteiger partial charge in [0.25, 0.3) is 6.36 Å². The summed E-state index contributed by atoms with van der Waals surface area (Å²) in [5, 5.41) is 0.910. The van der Waals surface area contributed by atoms with E-state index in [1.54, 1.807) is 30.3 Å². The lowest BCUT2D eigenvalue weighted by Gasteiger charge is -2.37. The fourth-order valence-corrected chi connectivity index (χ4v) is 4.46. The number of carbonyl (C=O) groups excluding carboxylic acids is 1. The molecule has 5 nitrogen and oxygen atoms in total. The number of aryl methyl sites for hydroxylation is 1. The maximum absolute atomic E-state index is 14.8. The van der Waals surface area contributed by atoms with Gasteiger partial charge in [-0.05, 0) is 74.7 Å². The topological polar surface area (TPSA) is 71.3 Å². The molecule has 1 unspecified atom stereocenters. The molecule has 0 radical (unpaired) electrons. The second-order valence-corrected chi connectivity index (χ2v) is 7.98. The first-order valence-corrected chi connectivity index (χ1v) is 10.7. The summed E-state index contributed by atoms with van der Waals surface area (Å²) in [7, 11) is 0. The molecule has 0 saturated carbocycles. The summed E-state index contributed by atoms with van der Waals surface area (Å²) in [5.41, 5.74) is 8.56. The molecule has 3 aromatic rings. The molecule has 1 amide bonds.